The van der Waals surface area contributed by atoms with Gasteiger partial charge in [-0.1, -0.05) is 29.8 Å². The zero-order chi connectivity index (χ0) is 36.2. The van der Waals surface area contributed by atoms with Crippen LogP contribution in [0.5, 0.6) is 0 Å². The Morgan fingerprint density at radius 2 is 1.60 bits per heavy atom. The van der Waals surface area contributed by atoms with Crippen LogP contribution >= 0.6 is 11.6 Å². The van der Waals surface area contributed by atoms with Crippen molar-refractivity contribution in [1.29, 1.82) is 0 Å². The first-order chi connectivity index (χ1) is 23.7. The Morgan fingerprint density at radius 1 is 0.940 bits per heavy atom. The lowest BCUT2D eigenvalue weighted by Crippen LogP contribution is -2.47. The highest BCUT2D eigenvalue weighted by molar-refractivity contribution is 6.31. The summed E-state index contributed by atoms with van der Waals surface area (Å²) in [6.07, 6.45) is -4.95. The van der Waals surface area contributed by atoms with Gasteiger partial charge in [0.05, 0.1) is 18.8 Å². The monoisotopic (exact) mass is 729 g/mol. The summed E-state index contributed by atoms with van der Waals surface area (Å²) in [5.41, 5.74) is 2.43. The summed E-state index contributed by atoms with van der Waals surface area (Å²) in [7, 11) is 0. The maximum atomic E-state index is 14.2. The predicted octanol–water partition coefficient (Wildman–Crippen LogP) is 7.41. The number of aromatic nitrogens is 2. The number of esters is 1. The van der Waals surface area contributed by atoms with Crippen molar-refractivity contribution >= 4 is 34.9 Å². The van der Waals surface area contributed by atoms with Crippen LogP contribution in [-0.4, -0.2) is 90.3 Å². The molecule has 1 atom stereocenters. The van der Waals surface area contributed by atoms with E-state index in [0.717, 1.165) is 59.8 Å². The molecule has 2 saturated heterocycles. The number of carbonyl (C=O) groups is 2. The second-order valence-corrected chi connectivity index (χ2v) is 13.0. The highest BCUT2D eigenvalue weighted by Crippen LogP contribution is 2.40. The second-order valence-electron chi connectivity index (χ2n) is 12.6. The van der Waals surface area contributed by atoms with Gasteiger partial charge in [-0.15, -0.1) is 0 Å². The smallest absolute Gasteiger partial charge is 0.475 e. The molecular formula is C34H38ClF6N5O4. The Bertz CT molecular complexity index is 1640. The van der Waals surface area contributed by atoms with Crippen LogP contribution in [0.4, 0.5) is 37.7 Å². The lowest BCUT2D eigenvalue weighted by atomic mass is 9.99. The maximum Gasteiger partial charge on any atom is 0.490 e. The number of carboxylic acid groups (broad SMARTS) is 1. The first kappa shape index (κ1) is 37.3. The van der Waals surface area contributed by atoms with Crippen molar-refractivity contribution in [2.75, 3.05) is 62.2 Å². The molecule has 0 bridgehead atoms. The van der Waals surface area contributed by atoms with E-state index in [0.29, 0.717) is 31.0 Å². The molecule has 0 spiro atoms. The van der Waals surface area contributed by atoms with Gasteiger partial charge in [0.2, 0.25) is 0 Å². The van der Waals surface area contributed by atoms with Gasteiger partial charge in [-0.2, -0.15) is 31.4 Å². The number of anilines is 2. The van der Waals surface area contributed by atoms with Crippen molar-refractivity contribution < 1.29 is 45.8 Å². The van der Waals surface area contributed by atoms with Gasteiger partial charge in [-0.25, -0.2) is 9.59 Å². The maximum absolute atomic E-state index is 14.2. The third-order valence-corrected chi connectivity index (χ3v) is 9.21. The lowest BCUT2D eigenvalue weighted by molar-refractivity contribution is -0.192. The van der Waals surface area contributed by atoms with E-state index in [1.807, 2.05) is 18.2 Å². The zero-order valence-corrected chi connectivity index (χ0v) is 28.1. The summed E-state index contributed by atoms with van der Waals surface area (Å²) in [5.74, 6) is -2.87. The SMILES string of the molecule is CCOC(=O)c1cnn(C2CCCN(c3cc(Cl)ccc3-c3ccc(N4CCN(CC5CC5)CC4)cc3)C2)c1C(F)(F)F.O=C(O)C(F)(F)F. The minimum atomic E-state index is -5.08. The fraction of sp³-hybridized carbons (Fsp3) is 0.500. The normalized spacial score (nSPS) is 18.8. The summed E-state index contributed by atoms with van der Waals surface area (Å²) in [5, 5.41) is 11.7. The molecule has 3 fully saturated rings. The van der Waals surface area contributed by atoms with Crippen molar-refractivity contribution in [3.05, 3.63) is 64.9 Å². The first-order valence-electron chi connectivity index (χ1n) is 16.4. The van der Waals surface area contributed by atoms with E-state index in [1.54, 1.807) is 6.92 Å². The summed E-state index contributed by atoms with van der Waals surface area (Å²) < 4.78 is 80.1. The molecule has 1 unspecified atom stereocenters. The molecule has 1 aliphatic carbocycles. The number of nitrogens with zero attached hydrogens (tertiary/aromatic N) is 5. The minimum absolute atomic E-state index is 0.0198. The molecule has 2 aliphatic heterocycles. The highest BCUT2D eigenvalue weighted by atomic mass is 35.5. The van der Waals surface area contributed by atoms with E-state index in [9.17, 15) is 31.1 Å². The number of hydrogen-bond donors (Lipinski definition) is 1. The van der Waals surface area contributed by atoms with Gasteiger partial charge in [0.15, 0.2) is 5.69 Å². The van der Waals surface area contributed by atoms with Crippen molar-refractivity contribution in [3.63, 3.8) is 0 Å². The zero-order valence-electron chi connectivity index (χ0n) is 27.3. The van der Waals surface area contributed by atoms with E-state index < -0.39 is 41.6 Å². The number of piperidine rings is 1. The molecule has 9 nitrogen and oxygen atoms in total. The van der Waals surface area contributed by atoms with Crippen LogP contribution < -0.4 is 9.80 Å². The molecule has 272 valence electrons. The number of piperazine rings is 1. The fourth-order valence-corrected chi connectivity index (χ4v) is 6.54. The number of hydrogen-bond acceptors (Lipinski definition) is 7. The standard InChI is InChI=1S/C32H37ClF3N5O2.C2HF3O2/c1-2-43-31(42)28-19-37-41(30(28)32(34,35)36)26-4-3-13-40(21-26)29-18-24(33)9-12-27(29)23-7-10-25(11-8-23)39-16-14-38(15-17-39)20-22-5-6-22;3-2(4,5)1(6)7/h7-12,18-19,22,26H,2-6,13-17,20-21H2,1H3;(H,6,7). The summed E-state index contributed by atoms with van der Waals surface area (Å²) in [6, 6.07) is 13.6. The van der Waals surface area contributed by atoms with Gasteiger partial charge >= 0.3 is 24.3 Å². The average molecular weight is 730 g/mol. The van der Waals surface area contributed by atoms with Gasteiger partial charge < -0.3 is 19.6 Å². The van der Waals surface area contributed by atoms with Gasteiger partial charge in [-0.05, 0) is 68.4 Å². The summed E-state index contributed by atoms with van der Waals surface area (Å²) in [4.78, 5) is 28.3. The number of benzene rings is 2. The molecule has 0 amide bonds. The molecule has 6 rings (SSSR count). The Morgan fingerprint density at radius 3 is 2.18 bits per heavy atom. The third-order valence-electron chi connectivity index (χ3n) is 8.97. The molecule has 0 radical (unpaired) electrons. The number of ether oxygens (including phenoxy) is 1. The molecule has 1 aromatic heterocycles. The van der Waals surface area contributed by atoms with Crippen LogP contribution in [0.25, 0.3) is 11.1 Å². The quantitative estimate of drug-likeness (QED) is 0.190. The van der Waals surface area contributed by atoms with Crippen molar-refractivity contribution in [2.24, 2.45) is 5.92 Å². The van der Waals surface area contributed by atoms with Crippen LogP contribution in [0.2, 0.25) is 5.02 Å². The van der Waals surface area contributed by atoms with E-state index in [4.69, 9.17) is 26.2 Å². The van der Waals surface area contributed by atoms with Crippen molar-refractivity contribution in [3.8, 4) is 11.1 Å². The number of carbonyl (C=O) groups excluding carboxylic acids is 1. The van der Waals surface area contributed by atoms with Crippen LogP contribution in [0, 0.1) is 5.92 Å². The van der Waals surface area contributed by atoms with E-state index >= 15 is 0 Å². The fourth-order valence-electron chi connectivity index (χ4n) is 6.37. The van der Waals surface area contributed by atoms with Crippen LogP contribution in [0.1, 0.15) is 54.7 Å². The average Bonchev–Trinajstić information content (AvgIpc) is 3.77. The molecule has 1 saturated carbocycles. The summed E-state index contributed by atoms with van der Waals surface area (Å²) >= 11 is 6.45. The van der Waals surface area contributed by atoms with Gasteiger partial charge in [0, 0.05) is 67.8 Å². The Kier molecular flexibility index (Phi) is 11.6. The lowest BCUT2D eigenvalue weighted by Gasteiger charge is -2.37. The molecule has 3 heterocycles. The first-order valence-corrected chi connectivity index (χ1v) is 16.8. The molecule has 2 aromatic carbocycles. The highest BCUT2D eigenvalue weighted by Gasteiger charge is 2.43. The minimum Gasteiger partial charge on any atom is -0.475 e. The topological polar surface area (TPSA) is 91.1 Å². The third kappa shape index (κ3) is 9.22. The van der Waals surface area contributed by atoms with E-state index in [-0.39, 0.29) is 6.61 Å². The molecule has 16 heteroatoms. The predicted molar refractivity (Wildman–Crippen MR) is 176 cm³/mol. The second kappa shape index (κ2) is 15.5. The molecule has 1 N–H and O–H groups in total. The van der Waals surface area contributed by atoms with E-state index in [2.05, 4.69) is 44.1 Å². The van der Waals surface area contributed by atoms with Gasteiger partial charge in [-0.3, -0.25) is 9.58 Å². The van der Waals surface area contributed by atoms with Crippen LogP contribution in [-0.2, 0) is 15.7 Å². The number of halogens is 7. The number of carboxylic acids is 1. The summed E-state index contributed by atoms with van der Waals surface area (Å²) in [6.45, 7) is 7.93. The van der Waals surface area contributed by atoms with Crippen molar-refractivity contribution in [1.82, 2.24) is 14.7 Å². The number of alkyl halides is 6. The van der Waals surface area contributed by atoms with Gasteiger partial charge in [0.1, 0.15) is 5.56 Å². The molecular weight excluding hydrogens is 692 g/mol. The largest absolute Gasteiger partial charge is 0.490 e. The van der Waals surface area contributed by atoms with E-state index in [1.165, 1.54) is 25.1 Å². The molecule has 3 aromatic rings. The Labute approximate surface area is 290 Å². The van der Waals surface area contributed by atoms with Crippen LogP contribution in [0.15, 0.2) is 48.7 Å². The Balaban J connectivity index is 0.000000630. The van der Waals surface area contributed by atoms with Crippen LogP contribution in [0.3, 0.4) is 0 Å². The number of aliphatic carboxylic acids is 1. The number of rotatable bonds is 8. The molecule has 3 aliphatic rings. The Hall–Kier alpha value is -3.98. The molecule has 50 heavy (non-hydrogen) atoms. The van der Waals surface area contributed by atoms with Crippen molar-refractivity contribution in [2.45, 2.75) is 51.0 Å². The van der Waals surface area contributed by atoms with Gasteiger partial charge in [0.25, 0.3) is 0 Å².